The van der Waals surface area contributed by atoms with Gasteiger partial charge in [-0.25, -0.2) is 0 Å². The minimum absolute atomic E-state index is 0.0546. The summed E-state index contributed by atoms with van der Waals surface area (Å²) >= 11 is 0. The molecule has 1 amide bonds. The molecule has 8 nitrogen and oxygen atoms in total. The number of rotatable bonds is 5. The molecule has 2 N–H and O–H groups in total. The van der Waals surface area contributed by atoms with Crippen LogP contribution in [0.15, 0.2) is 4.52 Å². The maximum Gasteiger partial charge on any atom is 0.241 e. The topological polar surface area (TPSA) is 97.7 Å². The SMILES string of the molecule is COCC(N)C(=O)N1CCN(Cc2noc(C(C)(C)C)n2)CC1. The van der Waals surface area contributed by atoms with Crippen LogP contribution in [0.5, 0.6) is 0 Å². The van der Waals surface area contributed by atoms with Crippen LogP contribution in [0, 0.1) is 0 Å². The van der Waals surface area contributed by atoms with Crippen molar-refractivity contribution in [3.8, 4) is 0 Å². The first kappa shape index (κ1) is 17.8. The first-order valence-electron chi connectivity index (χ1n) is 7.90. The molecule has 2 heterocycles. The van der Waals surface area contributed by atoms with Crippen LogP contribution < -0.4 is 5.73 Å². The molecule has 0 saturated carbocycles. The Bertz CT molecular complexity index is 517. The van der Waals surface area contributed by atoms with Gasteiger partial charge in [0.25, 0.3) is 0 Å². The average Bonchev–Trinajstić information content (AvgIpc) is 2.96. The van der Waals surface area contributed by atoms with E-state index in [4.69, 9.17) is 15.0 Å². The van der Waals surface area contributed by atoms with E-state index in [9.17, 15) is 4.79 Å². The van der Waals surface area contributed by atoms with Gasteiger partial charge in [0.1, 0.15) is 6.04 Å². The van der Waals surface area contributed by atoms with Gasteiger partial charge in [0.2, 0.25) is 11.8 Å². The minimum Gasteiger partial charge on any atom is -0.383 e. The Balaban J connectivity index is 1.83. The van der Waals surface area contributed by atoms with E-state index in [0.29, 0.717) is 31.3 Å². The summed E-state index contributed by atoms with van der Waals surface area (Å²) in [7, 11) is 1.54. The van der Waals surface area contributed by atoms with E-state index in [-0.39, 0.29) is 17.9 Å². The van der Waals surface area contributed by atoms with Gasteiger partial charge in [0, 0.05) is 38.7 Å². The Hall–Kier alpha value is -1.51. The highest BCUT2D eigenvalue weighted by molar-refractivity contribution is 5.81. The number of nitrogens with two attached hydrogens (primary N) is 1. The molecule has 1 aromatic heterocycles. The molecule has 1 aliphatic heterocycles. The number of nitrogens with zero attached hydrogens (tertiary/aromatic N) is 4. The number of aromatic nitrogens is 2. The third-order valence-electron chi connectivity index (χ3n) is 3.82. The van der Waals surface area contributed by atoms with Gasteiger partial charge in [-0.15, -0.1) is 0 Å². The quantitative estimate of drug-likeness (QED) is 0.812. The highest BCUT2D eigenvalue weighted by Crippen LogP contribution is 2.20. The van der Waals surface area contributed by atoms with Crippen molar-refractivity contribution in [2.45, 2.75) is 38.8 Å². The molecule has 1 aliphatic rings. The third kappa shape index (κ3) is 4.73. The second-order valence-corrected chi connectivity index (χ2v) is 6.93. The molecular weight excluding hydrogens is 298 g/mol. The average molecular weight is 325 g/mol. The Morgan fingerprint density at radius 3 is 2.52 bits per heavy atom. The Morgan fingerprint density at radius 2 is 2.00 bits per heavy atom. The van der Waals surface area contributed by atoms with Gasteiger partial charge in [-0.3, -0.25) is 9.69 Å². The van der Waals surface area contributed by atoms with Crippen molar-refractivity contribution in [1.82, 2.24) is 19.9 Å². The van der Waals surface area contributed by atoms with Gasteiger partial charge in [-0.05, 0) is 0 Å². The largest absolute Gasteiger partial charge is 0.383 e. The van der Waals surface area contributed by atoms with Crippen LogP contribution in [0.4, 0.5) is 0 Å². The van der Waals surface area contributed by atoms with Crippen molar-refractivity contribution in [2.75, 3.05) is 39.9 Å². The summed E-state index contributed by atoms with van der Waals surface area (Å²) in [6.45, 7) is 9.84. The van der Waals surface area contributed by atoms with Gasteiger partial charge < -0.3 is 19.9 Å². The number of methoxy groups -OCH3 is 1. The Kier molecular flexibility index (Phi) is 5.72. The molecule has 130 valence electrons. The monoisotopic (exact) mass is 325 g/mol. The molecule has 2 rings (SSSR count). The van der Waals surface area contributed by atoms with E-state index < -0.39 is 6.04 Å². The highest BCUT2D eigenvalue weighted by Gasteiger charge is 2.27. The third-order valence-corrected chi connectivity index (χ3v) is 3.82. The predicted octanol–water partition coefficient (Wildman–Crippen LogP) is -0.0150. The Labute approximate surface area is 136 Å². The molecule has 1 saturated heterocycles. The van der Waals surface area contributed by atoms with E-state index in [1.807, 2.05) is 20.8 Å². The number of hydrogen-bond donors (Lipinski definition) is 1. The van der Waals surface area contributed by atoms with Crippen LogP contribution in [-0.2, 0) is 21.5 Å². The summed E-state index contributed by atoms with van der Waals surface area (Å²) in [6, 6.07) is -0.585. The fraction of sp³-hybridized carbons (Fsp3) is 0.800. The molecule has 1 aromatic rings. The highest BCUT2D eigenvalue weighted by atomic mass is 16.5. The van der Waals surface area contributed by atoms with Crippen molar-refractivity contribution in [2.24, 2.45) is 5.73 Å². The lowest BCUT2D eigenvalue weighted by Gasteiger charge is -2.35. The molecule has 0 bridgehead atoms. The van der Waals surface area contributed by atoms with E-state index in [2.05, 4.69) is 15.0 Å². The lowest BCUT2D eigenvalue weighted by Crippen LogP contribution is -2.53. The van der Waals surface area contributed by atoms with Gasteiger partial charge in [-0.1, -0.05) is 25.9 Å². The van der Waals surface area contributed by atoms with Gasteiger partial charge in [-0.2, -0.15) is 4.98 Å². The van der Waals surface area contributed by atoms with Crippen LogP contribution in [0.25, 0.3) is 0 Å². The van der Waals surface area contributed by atoms with Crippen LogP contribution in [0.2, 0.25) is 0 Å². The number of hydrogen-bond acceptors (Lipinski definition) is 7. The summed E-state index contributed by atoms with van der Waals surface area (Å²) in [5.41, 5.74) is 5.65. The number of carbonyl (C=O) groups is 1. The van der Waals surface area contributed by atoms with E-state index >= 15 is 0 Å². The van der Waals surface area contributed by atoms with E-state index in [1.165, 1.54) is 0 Å². The summed E-state index contributed by atoms with van der Waals surface area (Å²) in [5, 5.41) is 4.04. The number of amides is 1. The molecule has 0 aromatic carbocycles. The number of ether oxygens (including phenoxy) is 1. The summed E-state index contributed by atoms with van der Waals surface area (Å²) < 4.78 is 10.2. The molecule has 0 radical (unpaired) electrons. The van der Waals surface area contributed by atoms with Crippen molar-refractivity contribution in [1.29, 1.82) is 0 Å². The smallest absolute Gasteiger partial charge is 0.241 e. The lowest BCUT2D eigenvalue weighted by molar-refractivity contribution is -0.135. The second-order valence-electron chi connectivity index (χ2n) is 6.93. The molecule has 1 unspecified atom stereocenters. The molecule has 0 aliphatic carbocycles. The maximum absolute atomic E-state index is 12.1. The molecule has 23 heavy (non-hydrogen) atoms. The van der Waals surface area contributed by atoms with Crippen LogP contribution in [0.1, 0.15) is 32.5 Å². The standard InChI is InChI=1S/C15H27N5O3/c1-15(2,3)14-17-12(18-23-14)9-19-5-7-20(8-6-19)13(21)11(16)10-22-4/h11H,5-10,16H2,1-4H3. The zero-order valence-electron chi connectivity index (χ0n) is 14.4. The molecular formula is C15H27N5O3. The van der Waals surface area contributed by atoms with Crippen LogP contribution in [0.3, 0.4) is 0 Å². The second kappa shape index (κ2) is 7.37. The lowest BCUT2D eigenvalue weighted by atomic mass is 9.97. The molecule has 1 fully saturated rings. The van der Waals surface area contributed by atoms with E-state index in [1.54, 1.807) is 12.0 Å². The number of piperazine rings is 1. The Morgan fingerprint density at radius 1 is 1.35 bits per heavy atom. The predicted molar refractivity (Wildman–Crippen MR) is 84.7 cm³/mol. The van der Waals surface area contributed by atoms with Crippen molar-refractivity contribution in [3.05, 3.63) is 11.7 Å². The fourth-order valence-electron chi connectivity index (χ4n) is 2.43. The van der Waals surface area contributed by atoms with E-state index in [0.717, 1.165) is 13.1 Å². The zero-order chi connectivity index (χ0) is 17.0. The summed E-state index contributed by atoms with van der Waals surface area (Å²) in [5.74, 6) is 1.28. The van der Waals surface area contributed by atoms with Gasteiger partial charge in [0.15, 0.2) is 5.82 Å². The fourth-order valence-corrected chi connectivity index (χ4v) is 2.43. The summed E-state index contributed by atoms with van der Waals surface area (Å²) in [6.07, 6.45) is 0. The maximum atomic E-state index is 12.1. The molecule has 8 heteroatoms. The van der Waals surface area contributed by atoms with Crippen molar-refractivity contribution < 1.29 is 14.1 Å². The minimum atomic E-state index is -0.585. The number of carbonyl (C=O) groups excluding carboxylic acids is 1. The normalized spacial score (nSPS) is 18.2. The zero-order valence-corrected chi connectivity index (χ0v) is 14.4. The van der Waals surface area contributed by atoms with Gasteiger partial charge in [0.05, 0.1) is 13.2 Å². The first-order chi connectivity index (χ1) is 10.8. The molecule has 0 spiro atoms. The van der Waals surface area contributed by atoms with Gasteiger partial charge >= 0.3 is 0 Å². The molecule has 1 atom stereocenters. The van der Waals surface area contributed by atoms with Crippen molar-refractivity contribution >= 4 is 5.91 Å². The first-order valence-corrected chi connectivity index (χ1v) is 7.90. The van der Waals surface area contributed by atoms with Crippen molar-refractivity contribution in [3.63, 3.8) is 0 Å². The van der Waals surface area contributed by atoms with Crippen LogP contribution >= 0.6 is 0 Å². The van der Waals surface area contributed by atoms with Crippen LogP contribution in [-0.4, -0.2) is 71.8 Å². The summed E-state index contributed by atoms with van der Waals surface area (Å²) in [4.78, 5) is 20.6.